The van der Waals surface area contributed by atoms with E-state index in [4.69, 9.17) is 0 Å². The van der Waals surface area contributed by atoms with Crippen molar-refractivity contribution in [2.75, 3.05) is 0 Å². The molecule has 3 nitrogen and oxygen atoms in total. The molecule has 0 aromatic carbocycles. The highest BCUT2D eigenvalue weighted by Crippen LogP contribution is 2.28. The molecule has 2 aromatic heterocycles. The van der Waals surface area contributed by atoms with Gasteiger partial charge in [0.05, 0.1) is 0 Å². The average Bonchev–Trinajstić information content (AvgIpc) is 2.84. The number of aryl methyl sites for hydroxylation is 1. The fraction of sp³-hybridized carbons (Fsp3) is 0.273. The van der Waals surface area contributed by atoms with E-state index in [2.05, 4.69) is 4.98 Å². The van der Waals surface area contributed by atoms with Gasteiger partial charge in [0.15, 0.2) is 5.13 Å². The summed E-state index contributed by atoms with van der Waals surface area (Å²) in [6.07, 6.45) is -3.30. The fourth-order valence-corrected chi connectivity index (χ4v) is 2.52. The molecular formula is C11H9F3N2OS. The van der Waals surface area contributed by atoms with Gasteiger partial charge in [-0.25, -0.2) is 4.98 Å². The molecule has 0 fully saturated rings. The number of carbonyl (C=O) groups excluding carboxylic acids is 1. The first kappa shape index (κ1) is 12.8. The van der Waals surface area contributed by atoms with Gasteiger partial charge in [0.25, 0.3) is 5.78 Å². The van der Waals surface area contributed by atoms with E-state index in [9.17, 15) is 18.0 Å². The summed E-state index contributed by atoms with van der Waals surface area (Å²) in [5.41, 5.74) is 0.482. The molecule has 18 heavy (non-hydrogen) atoms. The number of Topliss-reactive ketones (excluding diaryl/α,β-unsaturated/α-hetero) is 1. The normalized spacial score (nSPS) is 11.8. The minimum absolute atomic E-state index is 0.254. The van der Waals surface area contributed by atoms with Crippen molar-refractivity contribution >= 4 is 17.1 Å². The number of aromatic nitrogens is 2. The number of alkyl halides is 3. The number of ketones is 1. The summed E-state index contributed by atoms with van der Waals surface area (Å²) in [5, 5.41) is 2.27. The van der Waals surface area contributed by atoms with Crippen LogP contribution in [-0.4, -0.2) is 21.5 Å². The lowest BCUT2D eigenvalue weighted by atomic mass is 10.1. The first-order valence-corrected chi connectivity index (χ1v) is 5.90. The highest BCUT2D eigenvalue weighted by Gasteiger charge is 2.41. The third kappa shape index (κ3) is 2.05. The lowest BCUT2D eigenvalue weighted by Crippen LogP contribution is -2.23. The van der Waals surface area contributed by atoms with Crippen molar-refractivity contribution in [3.05, 3.63) is 34.6 Å². The van der Waals surface area contributed by atoms with E-state index in [1.54, 1.807) is 23.1 Å². The second kappa shape index (κ2) is 4.24. The van der Waals surface area contributed by atoms with E-state index in [1.165, 1.54) is 24.3 Å². The van der Waals surface area contributed by atoms with E-state index in [-0.39, 0.29) is 11.3 Å². The van der Waals surface area contributed by atoms with Crippen molar-refractivity contribution in [1.29, 1.82) is 0 Å². The molecule has 0 N–H and O–H groups in total. The van der Waals surface area contributed by atoms with Gasteiger partial charge in [-0.2, -0.15) is 13.2 Å². The monoisotopic (exact) mass is 274 g/mol. The molecule has 0 atom stereocenters. The third-order valence-electron chi connectivity index (χ3n) is 2.54. The lowest BCUT2D eigenvalue weighted by Gasteiger charge is -2.06. The lowest BCUT2D eigenvalue weighted by molar-refractivity contribution is -0.0885. The van der Waals surface area contributed by atoms with Crippen molar-refractivity contribution in [3.63, 3.8) is 0 Å². The number of nitrogens with zero attached hydrogens (tertiary/aromatic N) is 2. The Bertz CT molecular complexity index is 584. The van der Waals surface area contributed by atoms with E-state index < -0.39 is 12.0 Å². The average molecular weight is 274 g/mol. The van der Waals surface area contributed by atoms with Crippen LogP contribution in [-0.2, 0) is 0 Å². The molecule has 0 spiro atoms. The van der Waals surface area contributed by atoms with Crippen molar-refractivity contribution in [3.8, 4) is 5.13 Å². The molecule has 0 aliphatic heterocycles. The van der Waals surface area contributed by atoms with Gasteiger partial charge < -0.3 is 0 Å². The van der Waals surface area contributed by atoms with Gasteiger partial charge >= 0.3 is 6.18 Å². The summed E-state index contributed by atoms with van der Waals surface area (Å²) >= 11 is 1.30. The Balaban J connectivity index is 2.55. The highest BCUT2D eigenvalue weighted by molar-refractivity contribution is 7.12. The molecule has 0 saturated carbocycles. The fourth-order valence-electron chi connectivity index (χ4n) is 1.77. The molecule has 2 rings (SSSR count). The maximum atomic E-state index is 12.4. The first-order valence-electron chi connectivity index (χ1n) is 5.02. The Morgan fingerprint density at radius 1 is 1.39 bits per heavy atom. The van der Waals surface area contributed by atoms with Crippen LogP contribution in [0.1, 0.15) is 21.7 Å². The molecule has 2 heterocycles. The second-order valence-electron chi connectivity index (χ2n) is 3.76. The Morgan fingerprint density at radius 2 is 2.06 bits per heavy atom. The van der Waals surface area contributed by atoms with Crippen LogP contribution in [0.5, 0.6) is 0 Å². The molecule has 0 aliphatic rings. The third-order valence-corrected chi connectivity index (χ3v) is 3.30. The molecule has 0 amide bonds. The van der Waals surface area contributed by atoms with Crippen LogP contribution >= 0.6 is 11.3 Å². The quantitative estimate of drug-likeness (QED) is 0.788. The van der Waals surface area contributed by atoms with Gasteiger partial charge in [0.2, 0.25) is 0 Å². The smallest absolute Gasteiger partial charge is 0.294 e. The van der Waals surface area contributed by atoms with Crippen molar-refractivity contribution in [2.45, 2.75) is 20.0 Å². The van der Waals surface area contributed by atoms with Gasteiger partial charge in [0.1, 0.15) is 0 Å². The number of hydrogen-bond donors (Lipinski definition) is 0. The van der Waals surface area contributed by atoms with Crippen LogP contribution < -0.4 is 0 Å². The number of rotatable bonds is 2. The van der Waals surface area contributed by atoms with Gasteiger partial charge in [-0.15, -0.1) is 11.3 Å². The van der Waals surface area contributed by atoms with Crippen LogP contribution in [0, 0.1) is 13.8 Å². The van der Waals surface area contributed by atoms with Gasteiger partial charge in [-0.05, 0) is 19.9 Å². The summed E-state index contributed by atoms with van der Waals surface area (Å²) in [6, 6.07) is 1.24. The van der Waals surface area contributed by atoms with Crippen LogP contribution in [0.4, 0.5) is 13.2 Å². The van der Waals surface area contributed by atoms with E-state index in [0.717, 1.165) is 0 Å². The van der Waals surface area contributed by atoms with E-state index in [0.29, 0.717) is 10.8 Å². The van der Waals surface area contributed by atoms with Gasteiger partial charge in [0, 0.05) is 28.5 Å². The standard InChI is InChI=1S/C11H9F3N2OS/c1-6-5-8(9(17)11(12,13)14)7(2)16(6)10-15-3-4-18-10/h3-5H,1-2H3. The first-order chi connectivity index (χ1) is 8.32. The van der Waals surface area contributed by atoms with Crippen molar-refractivity contribution in [1.82, 2.24) is 9.55 Å². The predicted molar refractivity (Wildman–Crippen MR) is 61.3 cm³/mol. The van der Waals surface area contributed by atoms with Gasteiger partial charge in [-0.1, -0.05) is 0 Å². The SMILES string of the molecule is Cc1cc(C(=O)C(F)(F)F)c(C)n1-c1nccs1. The maximum Gasteiger partial charge on any atom is 0.454 e. The molecule has 0 radical (unpaired) electrons. The number of thiazole rings is 1. The minimum atomic E-state index is -4.85. The number of hydrogen-bond acceptors (Lipinski definition) is 3. The molecule has 7 heteroatoms. The van der Waals surface area contributed by atoms with Crippen LogP contribution in [0.15, 0.2) is 17.6 Å². The van der Waals surface area contributed by atoms with Crippen LogP contribution in [0.3, 0.4) is 0 Å². The summed E-state index contributed by atoms with van der Waals surface area (Å²) < 4.78 is 38.8. The molecule has 0 saturated heterocycles. The Kier molecular flexibility index (Phi) is 3.02. The zero-order valence-electron chi connectivity index (χ0n) is 9.58. The Labute approximate surface area is 105 Å². The zero-order valence-corrected chi connectivity index (χ0v) is 10.4. The van der Waals surface area contributed by atoms with Crippen LogP contribution in [0.2, 0.25) is 0 Å². The number of carbonyl (C=O) groups is 1. The molecule has 2 aromatic rings. The van der Waals surface area contributed by atoms with E-state index >= 15 is 0 Å². The second-order valence-corrected chi connectivity index (χ2v) is 4.63. The number of halogens is 3. The topological polar surface area (TPSA) is 34.9 Å². The molecule has 96 valence electrons. The summed E-state index contributed by atoms with van der Waals surface area (Å²) in [4.78, 5) is 15.3. The maximum absolute atomic E-state index is 12.4. The molecule has 0 aliphatic carbocycles. The van der Waals surface area contributed by atoms with Crippen molar-refractivity contribution < 1.29 is 18.0 Å². The molecule has 0 unspecified atom stereocenters. The minimum Gasteiger partial charge on any atom is -0.294 e. The van der Waals surface area contributed by atoms with Gasteiger partial charge in [-0.3, -0.25) is 9.36 Å². The Morgan fingerprint density at radius 3 is 2.56 bits per heavy atom. The zero-order chi connectivity index (χ0) is 13.5. The Hall–Kier alpha value is -1.63. The highest BCUT2D eigenvalue weighted by atomic mass is 32.1. The summed E-state index contributed by atoms with van der Waals surface area (Å²) in [7, 11) is 0. The predicted octanol–water partition coefficient (Wildman–Crippen LogP) is 3.30. The largest absolute Gasteiger partial charge is 0.454 e. The molecular weight excluding hydrogens is 265 g/mol. The van der Waals surface area contributed by atoms with Crippen molar-refractivity contribution in [2.24, 2.45) is 0 Å². The van der Waals surface area contributed by atoms with E-state index in [1.807, 2.05) is 0 Å². The summed E-state index contributed by atoms with van der Waals surface area (Å²) in [5.74, 6) is -1.82. The van der Waals surface area contributed by atoms with Crippen LogP contribution in [0.25, 0.3) is 5.13 Å². The summed E-state index contributed by atoms with van der Waals surface area (Å²) in [6.45, 7) is 3.12. The molecule has 0 bridgehead atoms.